The van der Waals surface area contributed by atoms with Crippen LogP contribution in [0.3, 0.4) is 0 Å². The van der Waals surface area contributed by atoms with Crippen LogP contribution in [0.5, 0.6) is 17.2 Å². The van der Waals surface area contributed by atoms with Crippen LogP contribution in [0.15, 0.2) is 76.1 Å². The lowest BCUT2D eigenvalue weighted by molar-refractivity contribution is 0.414. The molecule has 28 heavy (non-hydrogen) atoms. The summed E-state index contributed by atoms with van der Waals surface area (Å²) in [6, 6.07) is 20.3. The SMILES string of the molecule is COc1ccc(/C=N/c2oc3cccc(O)c3c2-c2ccc(OC)cc2)cc1. The molecular weight excluding hydrogens is 354 g/mol. The summed E-state index contributed by atoms with van der Waals surface area (Å²) in [5.41, 5.74) is 3.10. The molecule has 0 fully saturated rings. The van der Waals surface area contributed by atoms with E-state index >= 15 is 0 Å². The first-order chi connectivity index (χ1) is 13.7. The Balaban J connectivity index is 1.82. The number of furan rings is 1. The van der Waals surface area contributed by atoms with E-state index in [0.29, 0.717) is 16.9 Å². The number of hydrogen-bond donors (Lipinski definition) is 1. The molecule has 5 heteroatoms. The molecule has 0 saturated carbocycles. The molecule has 0 amide bonds. The summed E-state index contributed by atoms with van der Waals surface area (Å²) in [5.74, 6) is 2.12. The summed E-state index contributed by atoms with van der Waals surface area (Å²) in [4.78, 5) is 4.55. The van der Waals surface area contributed by atoms with E-state index in [1.54, 1.807) is 32.6 Å². The topological polar surface area (TPSA) is 64.2 Å². The van der Waals surface area contributed by atoms with Crippen LogP contribution in [-0.4, -0.2) is 25.5 Å². The van der Waals surface area contributed by atoms with E-state index in [4.69, 9.17) is 13.9 Å². The molecule has 1 heterocycles. The van der Waals surface area contributed by atoms with Gasteiger partial charge in [-0.3, -0.25) is 0 Å². The van der Waals surface area contributed by atoms with Gasteiger partial charge in [0.2, 0.25) is 5.88 Å². The Morgan fingerprint density at radius 3 is 2.14 bits per heavy atom. The lowest BCUT2D eigenvalue weighted by Crippen LogP contribution is -1.85. The van der Waals surface area contributed by atoms with Gasteiger partial charge in [0, 0.05) is 6.21 Å². The summed E-state index contributed by atoms with van der Waals surface area (Å²) in [5, 5.41) is 11.1. The summed E-state index contributed by atoms with van der Waals surface area (Å²) < 4.78 is 16.4. The van der Waals surface area contributed by atoms with Crippen LogP contribution < -0.4 is 9.47 Å². The molecule has 140 valence electrons. The average molecular weight is 373 g/mol. The predicted octanol–water partition coefficient (Wildman–Crippen LogP) is 5.57. The quantitative estimate of drug-likeness (QED) is 0.464. The molecule has 4 aromatic rings. The first kappa shape index (κ1) is 17.7. The number of aliphatic imine (C=N–C) groups is 1. The Kier molecular flexibility index (Phi) is 4.72. The van der Waals surface area contributed by atoms with E-state index in [0.717, 1.165) is 28.2 Å². The molecule has 4 rings (SSSR count). The van der Waals surface area contributed by atoms with E-state index in [1.807, 2.05) is 54.6 Å². The minimum Gasteiger partial charge on any atom is -0.507 e. The average Bonchev–Trinajstić information content (AvgIpc) is 3.12. The summed E-state index contributed by atoms with van der Waals surface area (Å²) in [6.45, 7) is 0. The Labute approximate surface area is 162 Å². The minimum atomic E-state index is 0.151. The van der Waals surface area contributed by atoms with Crippen molar-refractivity contribution < 1.29 is 19.0 Å². The second-order valence-electron chi connectivity index (χ2n) is 6.19. The number of benzene rings is 3. The Morgan fingerprint density at radius 2 is 1.50 bits per heavy atom. The number of aromatic hydroxyl groups is 1. The third-order valence-corrected chi connectivity index (χ3v) is 4.50. The van der Waals surface area contributed by atoms with Gasteiger partial charge < -0.3 is 19.0 Å². The van der Waals surface area contributed by atoms with E-state index in [2.05, 4.69) is 4.99 Å². The van der Waals surface area contributed by atoms with Gasteiger partial charge in [0.05, 0.1) is 25.2 Å². The van der Waals surface area contributed by atoms with Gasteiger partial charge in [0.1, 0.15) is 22.8 Å². The lowest BCUT2D eigenvalue weighted by Gasteiger charge is -2.04. The van der Waals surface area contributed by atoms with E-state index < -0.39 is 0 Å². The van der Waals surface area contributed by atoms with Crippen LogP contribution in [0, 0.1) is 0 Å². The summed E-state index contributed by atoms with van der Waals surface area (Å²) in [7, 11) is 3.25. The van der Waals surface area contributed by atoms with Crippen LogP contribution in [-0.2, 0) is 0 Å². The molecule has 1 aromatic heterocycles. The molecule has 5 nitrogen and oxygen atoms in total. The molecular formula is C23H19NO4. The van der Waals surface area contributed by atoms with Crippen molar-refractivity contribution in [2.45, 2.75) is 0 Å². The second-order valence-corrected chi connectivity index (χ2v) is 6.19. The van der Waals surface area contributed by atoms with Crippen molar-refractivity contribution in [3.05, 3.63) is 72.3 Å². The Bertz CT molecular complexity index is 1130. The van der Waals surface area contributed by atoms with Gasteiger partial charge in [-0.05, 0) is 59.7 Å². The van der Waals surface area contributed by atoms with Gasteiger partial charge in [-0.2, -0.15) is 0 Å². The van der Waals surface area contributed by atoms with Crippen LogP contribution in [0.1, 0.15) is 5.56 Å². The maximum atomic E-state index is 10.4. The number of methoxy groups -OCH3 is 2. The monoisotopic (exact) mass is 373 g/mol. The fourth-order valence-electron chi connectivity index (χ4n) is 3.06. The number of phenols is 1. The largest absolute Gasteiger partial charge is 0.507 e. The number of hydrogen-bond acceptors (Lipinski definition) is 5. The molecule has 0 radical (unpaired) electrons. The maximum Gasteiger partial charge on any atom is 0.228 e. The number of nitrogens with zero attached hydrogens (tertiary/aromatic N) is 1. The number of ether oxygens (including phenoxy) is 2. The third kappa shape index (κ3) is 3.30. The van der Waals surface area contributed by atoms with Crippen molar-refractivity contribution in [3.63, 3.8) is 0 Å². The molecule has 0 aliphatic rings. The van der Waals surface area contributed by atoms with E-state index in [-0.39, 0.29) is 5.75 Å². The zero-order valence-electron chi connectivity index (χ0n) is 15.5. The fourth-order valence-corrected chi connectivity index (χ4v) is 3.06. The van der Waals surface area contributed by atoms with Gasteiger partial charge in [0.25, 0.3) is 0 Å². The summed E-state index contributed by atoms with van der Waals surface area (Å²) in [6.07, 6.45) is 1.72. The van der Waals surface area contributed by atoms with E-state index in [1.165, 1.54) is 0 Å². The first-order valence-corrected chi connectivity index (χ1v) is 8.76. The molecule has 0 saturated heterocycles. The van der Waals surface area contributed by atoms with Crippen molar-refractivity contribution in [1.29, 1.82) is 0 Å². The molecule has 0 aliphatic carbocycles. The third-order valence-electron chi connectivity index (χ3n) is 4.50. The summed E-state index contributed by atoms with van der Waals surface area (Å²) >= 11 is 0. The van der Waals surface area contributed by atoms with Crippen molar-refractivity contribution in [1.82, 2.24) is 0 Å². The zero-order chi connectivity index (χ0) is 19.5. The highest BCUT2D eigenvalue weighted by molar-refractivity contribution is 6.04. The van der Waals surface area contributed by atoms with Crippen LogP contribution in [0.2, 0.25) is 0 Å². The minimum absolute atomic E-state index is 0.151. The smallest absolute Gasteiger partial charge is 0.228 e. The molecule has 0 atom stereocenters. The Hall–Kier alpha value is -3.73. The van der Waals surface area contributed by atoms with Gasteiger partial charge in [-0.15, -0.1) is 0 Å². The first-order valence-electron chi connectivity index (χ1n) is 8.76. The van der Waals surface area contributed by atoms with Gasteiger partial charge in [0.15, 0.2) is 0 Å². The van der Waals surface area contributed by atoms with Crippen LogP contribution in [0.4, 0.5) is 5.88 Å². The lowest BCUT2D eigenvalue weighted by atomic mass is 10.0. The van der Waals surface area contributed by atoms with Crippen LogP contribution >= 0.6 is 0 Å². The fraction of sp³-hybridized carbons (Fsp3) is 0.0870. The molecule has 0 aliphatic heterocycles. The van der Waals surface area contributed by atoms with E-state index in [9.17, 15) is 5.11 Å². The molecule has 0 unspecified atom stereocenters. The number of fused-ring (bicyclic) bond motifs is 1. The highest BCUT2D eigenvalue weighted by Crippen LogP contribution is 2.44. The molecule has 3 aromatic carbocycles. The van der Waals surface area contributed by atoms with Crippen molar-refractivity contribution in [3.8, 4) is 28.4 Å². The van der Waals surface area contributed by atoms with Crippen molar-refractivity contribution >= 4 is 23.1 Å². The molecule has 1 N–H and O–H groups in total. The van der Waals surface area contributed by atoms with Gasteiger partial charge in [-0.1, -0.05) is 18.2 Å². The highest BCUT2D eigenvalue weighted by atomic mass is 16.5. The normalized spacial score (nSPS) is 11.2. The number of phenolic OH excluding ortho intramolecular Hbond substituents is 1. The maximum absolute atomic E-state index is 10.4. The number of rotatable bonds is 5. The van der Waals surface area contributed by atoms with Crippen LogP contribution in [0.25, 0.3) is 22.1 Å². The molecule has 0 bridgehead atoms. The van der Waals surface area contributed by atoms with Crippen molar-refractivity contribution in [2.75, 3.05) is 14.2 Å². The standard InChI is InChI=1S/C23H19NO4/c1-26-17-10-6-15(7-11-17)14-24-23-21(16-8-12-18(27-2)13-9-16)22-19(25)4-3-5-20(22)28-23/h3-14,25H,1-2H3/b24-14+. The van der Waals surface area contributed by atoms with Gasteiger partial charge >= 0.3 is 0 Å². The highest BCUT2D eigenvalue weighted by Gasteiger charge is 2.18. The predicted molar refractivity (Wildman–Crippen MR) is 110 cm³/mol. The zero-order valence-corrected chi connectivity index (χ0v) is 15.5. The Morgan fingerprint density at radius 1 is 0.857 bits per heavy atom. The van der Waals surface area contributed by atoms with Gasteiger partial charge in [-0.25, -0.2) is 4.99 Å². The molecule has 0 spiro atoms. The van der Waals surface area contributed by atoms with Crippen molar-refractivity contribution in [2.24, 2.45) is 4.99 Å². The second kappa shape index (κ2) is 7.48.